The van der Waals surface area contributed by atoms with Crippen molar-refractivity contribution < 1.29 is 23.0 Å². The Labute approximate surface area is 211 Å². The van der Waals surface area contributed by atoms with Gasteiger partial charge in [-0.05, 0) is 53.6 Å². The lowest BCUT2D eigenvalue weighted by atomic mass is 10.2. The molecule has 0 aliphatic heterocycles. The number of ether oxygens (including phenoxy) is 2. The number of H-pyrrole nitrogens is 1. The fraction of sp³-hybridized carbons (Fsp3) is 0.185. The predicted molar refractivity (Wildman–Crippen MR) is 132 cm³/mol. The van der Waals surface area contributed by atoms with Crippen LogP contribution < -0.4 is 20.3 Å². The number of nitrogens with zero attached hydrogens (tertiary/aromatic N) is 2. The minimum Gasteiger partial charge on any atom is -0.493 e. The Morgan fingerprint density at radius 2 is 1.68 bits per heavy atom. The van der Waals surface area contributed by atoms with Gasteiger partial charge in [-0.25, -0.2) is 8.78 Å². The maximum atomic E-state index is 13.4. The number of aryl methyl sites for hydroxylation is 1. The summed E-state index contributed by atoms with van der Waals surface area (Å²) in [6, 6.07) is 17.0. The molecule has 0 bridgehead atoms. The van der Waals surface area contributed by atoms with Crippen molar-refractivity contribution in [2.45, 2.75) is 26.0 Å². The van der Waals surface area contributed by atoms with Crippen LogP contribution in [0.2, 0.25) is 0 Å². The zero-order valence-corrected chi connectivity index (χ0v) is 20.0. The van der Waals surface area contributed by atoms with Crippen molar-refractivity contribution in [2.24, 2.45) is 0 Å². The van der Waals surface area contributed by atoms with Crippen molar-refractivity contribution in [1.82, 2.24) is 20.5 Å². The molecule has 1 amide bonds. The van der Waals surface area contributed by atoms with Crippen LogP contribution >= 0.6 is 0 Å². The first-order valence-corrected chi connectivity index (χ1v) is 11.4. The van der Waals surface area contributed by atoms with Gasteiger partial charge in [-0.3, -0.25) is 9.59 Å². The monoisotopic (exact) mass is 506 g/mol. The van der Waals surface area contributed by atoms with E-state index >= 15 is 0 Å². The van der Waals surface area contributed by atoms with Gasteiger partial charge in [0.05, 0.1) is 7.11 Å². The number of carbonyl (C=O) groups excluding carboxylic acids is 1. The van der Waals surface area contributed by atoms with E-state index in [1.54, 1.807) is 42.5 Å². The van der Waals surface area contributed by atoms with Gasteiger partial charge in [0.1, 0.15) is 23.9 Å². The van der Waals surface area contributed by atoms with E-state index in [2.05, 4.69) is 20.5 Å². The smallest absolute Gasteiger partial charge is 0.273 e. The van der Waals surface area contributed by atoms with Gasteiger partial charge in [-0.2, -0.15) is 0 Å². The molecule has 10 heteroatoms. The van der Waals surface area contributed by atoms with E-state index in [1.165, 1.54) is 31.4 Å². The molecule has 0 atom stereocenters. The molecule has 1 heterocycles. The molecule has 0 aliphatic carbocycles. The van der Waals surface area contributed by atoms with E-state index in [0.29, 0.717) is 28.2 Å². The second-order valence-corrected chi connectivity index (χ2v) is 8.14. The summed E-state index contributed by atoms with van der Waals surface area (Å²) < 4.78 is 37.8. The molecule has 2 N–H and O–H groups in total. The molecule has 0 radical (unpaired) electrons. The van der Waals surface area contributed by atoms with Crippen LogP contribution in [0.25, 0.3) is 11.4 Å². The van der Waals surface area contributed by atoms with Gasteiger partial charge in [-0.1, -0.05) is 24.3 Å². The highest BCUT2D eigenvalue weighted by atomic mass is 19.1. The van der Waals surface area contributed by atoms with Gasteiger partial charge in [0.25, 0.3) is 5.56 Å². The summed E-state index contributed by atoms with van der Waals surface area (Å²) in [5, 5.41) is 10.8. The molecule has 0 saturated heterocycles. The van der Waals surface area contributed by atoms with E-state index in [-0.39, 0.29) is 55.1 Å². The number of methoxy groups -OCH3 is 1. The Balaban J connectivity index is 1.37. The van der Waals surface area contributed by atoms with Crippen LogP contribution in [0, 0.1) is 11.6 Å². The third kappa shape index (κ3) is 6.97. The molecule has 4 aromatic rings. The highest BCUT2D eigenvalue weighted by Crippen LogP contribution is 2.31. The van der Waals surface area contributed by atoms with Crippen molar-refractivity contribution in [2.75, 3.05) is 7.11 Å². The zero-order chi connectivity index (χ0) is 26.2. The van der Waals surface area contributed by atoms with E-state index in [0.717, 1.165) is 0 Å². The average molecular weight is 507 g/mol. The molecular weight excluding hydrogens is 482 g/mol. The van der Waals surface area contributed by atoms with Crippen LogP contribution in [0.3, 0.4) is 0 Å². The lowest BCUT2D eigenvalue weighted by Gasteiger charge is -2.12. The molecule has 1 aromatic heterocycles. The van der Waals surface area contributed by atoms with Gasteiger partial charge < -0.3 is 19.8 Å². The Kier molecular flexibility index (Phi) is 8.19. The van der Waals surface area contributed by atoms with Crippen molar-refractivity contribution in [1.29, 1.82) is 0 Å². The van der Waals surface area contributed by atoms with E-state index in [1.807, 2.05) is 0 Å². The quantitative estimate of drug-likeness (QED) is 0.338. The molecule has 0 aliphatic rings. The summed E-state index contributed by atoms with van der Waals surface area (Å²) in [5.74, 6) is 0.0332. The second-order valence-electron chi connectivity index (χ2n) is 8.14. The van der Waals surface area contributed by atoms with Crippen LogP contribution in [0.4, 0.5) is 8.78 Å². The standard InChI is InChI=1S/C27H24F2N4O4/c1-36-24-14-19(8-10-23(24)37-16-18-5-3-7-21(29)13-18)26-31-27(35)22(32-33-26)9-11-25(34)30-15-17-4-2-6-20(28)12-17/h2-8,10,12-14H,9,11,15-16H2,1H3,(H,30,34)(H,31,33,35). The summed E-state index contributed by atoms with van der Waals surface area (Å²) in [5.41, 5.74) is 1.50. The van der Waals surface area contributed by atoms with Gasteiger partial charge in [0.2, 0.25) is 5.91 Å². The van der Waals surface area contributed by atoms with Crippen LogP contribution in [0.15, 0.2) is 71.5 Å². The summed E-state index contributed by atoms with van der Waals surface area (Å²) in [6.45, 7) is 0.329. The lowest BCUT2D eigenvalue weighted by molar-refractivity contribution is -0.121. The van der Waals surface area contributed by atoms with Crippen LogP contribution in [0.5, 0.6) is 11.5 Å². The minimum absolute atomic E-state index is 0.0254. The molecule has 37 heavy (non-hydrogen) atoms. The maximum absolute atomic E-state index is 13.4. The predicted octanol–water partition coefficient (Wildman–Crippen LogP) is 3.95. The number of aromatic amines is 1. The van der Waals surface area contributed by atoms with E-state index in [4.69, 9.17) is 9.47 Å². The molecule has 0 saturated carbocycles. The Morgan fingerprint density at radius 1 is 0.946 bits per heavy atom. The summed E-state index contributed by atoms with van der Waals surface area (Å²) in [7, 11) is 1.48. The molecular formula is C27H24F2N4O4. The van der Waals surface area contributed by atoms with Crippen LogP contribution in [-0.4, -0.2) is 28.2 Å². The topological polar surface area (TPSA) is 106 Å². The number of hydrogen-bond donors (Lipinski definition) is 2. The van der Waals surface area contributed by atoms with Crippen molar-refractivity contribution >= 4 is 5.91 Å². The van der Waals surface area contributed by atoms with Gasteiger partial charge >= 0.3 is 0 Å². The first kappa shape index (κ1) is 25.5. The SMILES string of the molecule is COc1cc(-c2nnc(CCC(=O)NCc3cccc(F)c3)c(=O)[nH]2)ccc1OCc1cccc(F)c1. The first-order valence-electron chi connectivity index (χ1n) is 11.4. The first-order chi connectivity index (χ1) is 17.9. The largest absolute Gasteiger partial charge is 0.493 e. The summed E-state index contributed by atoms with van der Waals surface area (Å²) in [4.78, 5) is 27.3. The number of hydrogen-bond acceptors (Lipinski definition) is 6. The zero-order valence-electron chi connectivity index (χ0n) is 20.0. The fourth-order valence-electron chi connectivity index (χ4n) is 3.54. The number of carbonyl (C=O) groups is 1. The van der Waals surface area contributed by atoms with Gasteiger partial charge in [0.15, 0.2) is 17.3 Å². The number of rotatable bonds is 10. The molecule has 190 valence electrons. The fourth-order valence-corrected chi connectivity index (χ4v) is 3.54. The number of benzene rings is 3. The Morgan fingerprint density at radius 3 is 2.38 bits per heavy atom. The second kappa shape index (κ2) is 11.9. The third-order valence-corrected chi connectivity index (χ3v) is 5.45. The van der Waals surface area contributed by atoms with Crippen molar-refractivity contribution in [3.8, 4) is 22.9 Å². The number of halogens is 2. The Hall–Kier alpha value is -4.60. The molecule has 3 aromatic carbocycles. The molecule has 0 spiro atoms. The highest BCUT2D eigenvalue weighted by Gasteiger charge is 2.13. The molecule has 4 rings (SSSR count). The number of nitrogens with one attached hydrogen (secondary N) is 2. The van der Waals surface area contributed by atoms with Gasteiger partial charge in [0, 0.05) is 24.9 Å². The number of aromatic nitrogens is 3. The molecule has 0 fully saturated rings. The maximum Gasteiger partial charge on any atom is 0.273 e. The molecule has 0 unspecified atom stereocenters. The van der Waals surface area contributed by atoms with Crippen molar-refractivity contribution in [3.63, 3.8) is 0 Å². The normalized spacial score (nSPS) is 10.7. The van der Waals surface area contributed by atoms with E-state index in [9.17, 15) is 18.4 Å². The van der Waals surface area contributed by atoms with Crippen molar-refractivity contribution in [3.05, 3.63) is 106 Å². The minimum atomic E-state index is -0.465. The number of amides is 1. The van der Waals surface area contributed by atoms with Crippen LogP contribution in [0.1, 0.15) is 23.2 Å². The summed E-state index contributed by atoms with van der Waals surface area (Å²) in [6.07, 6.45) is 0.116. The van der Waals surface area contributed by atoms with Crippen LogP contribution in [-0.2, 0) is 24.4 Å². The Bertz CT molecular complexity index is 1460. The molecule has 8 nitrogen and oxygen atoms in total. The average Bonchev–Trinajstić information content (AvgIpc) is 2.90. The highest BCUT2D eigenvalue weighted by molar-refractivity contribution is 5.76. The summed E-state index contributed by atoms with van der Waals surface area (Å²) >= 11 is 0. The van der Waals surface area contributed by atoms with Gasteiger partial charge in [-0.15, -0.1) is 10.2 Å². The third-order valence-electron chi connectivity index (χ3n) is 5.45. The van der Waals surface area contributed by atoms with E-state index < -0.39 is 5.56 Å². The lowest BCUT2D eigenvalue weighted by Crippen LogP contribution is -2.25.